The van der Waals surface area contributed by atoms with Crippen LogP contribution in [-0.4, -0.2) is 26.5 Å². The van der Waals surface area contributed by atoms with Crippen molar-refractivity contribution >= 4 is 33.9 Å². The molecule has 0 atom stereocenters. The molecule has 23 heavy (non-hydrogen) atoms. The maximum absolute atomic E-state index is 11.7. The number of carbonyl (C=O) groups excluding carboxylic acids is 1. The Balaban J connectivity index is 2.02. The SMILES string of the molecule is COc1cc(OC)c(/C=N\NC(=O)Nc2ccccc2)cc1Br. The largest absolute Gasteiger partial charge is 0.496 e. The predicted molar refractivity (Wildman–Crippen MR) is 93.4 cm³/mol. The van der Waals surface area contributed by atoms with Crippen molar-refractivity contribution in [3.63, 3.8) is 0 Å². The zero-order chi connectivity index (χ0) is 16.7. The van der Waals surface area contributed by atoms with Gasteiger partial charge in [-0.2, -0.15) is 5.10 Å². The van der Waals surface area contributed by atoms with Crippen molar-refractivity contribution in [3.05, 3.63) is 52.5 Å². The summed E-state index contributed by atoms with van der Waals surface area (Å²) in [5, 5.41) is 6.58. The summed E-state index contributed by atoms with van der Waals surface area (Å²) in [7, 11) is 3.12. The normalized spacial score (nSPS) is 10.4. The molecule has 2 aromatic rings. The minimum Gasteiger partial charge on any atom is -0.496 e. The van der Waals surface area contributed by atoms with Gasteiger partial charge in [-0.1, -0.05) is 18.2 Å². The fourth-order valence-electron chi connectivity index (χ4n) is 1.83. The van der Waals surface area contributed by atoms with Gasteiger partial charge in [-0.25, -0.2) is 10.2 Å². The van der Waals surface area contributed by atoms with E-state index < -0.39 is 6.03 Å². The van der Waals surface area contributed by atoms with Gasteiger partial charge in [-0.3, -0.25) is 0 Å². The molecular formula is C16H16BrN3O3. The Morgan fingerprint density at radius 1 is 1.13 bits per heavy atom. The van der Waals surface area contributed by atoms with Crippen LogP contribution in [0.3, 0.4) is 0 Å². The molecule has 7 heteroatoms. The van der Waals surface area contributed by atoms with E-state index in [1.807, 2.05) is 18.2 Å². The first-order valence-electron chi connectivity index (χ1n) is 6.70. The third-order valence-corrected chi connectivity index (χ3v) is 3.53. The van der Waals surface area contributed by atoms with E-state index >= 15 is 0 Å². The number of rotatable bonds is 5. The molecule has 0 aliphatic heterocycles. The Labute approximate surface area is 142 Å². The summed E-state index contributed by atoms with van der Waals surface area (Å²) in [5.74, 6) is 1.23. The molecule has 6 nitrogen and oxygen atoms in total. The van der Waals surface area contributed by atoms with Gasteiger partial charge in [0.15, 0.2) is 0 Å². The topological polar surface area (TPSA) is 72.0 Å². The smallest absolute Gasteiger partial charge is 0.339 e. The second kappa shape index (κ2) is 8.19. The number of benzene rings is 2. The summed E-state index contributed by atoms with van der Waals surface area (Å²) >= 11 is 3.39. The maximum Gasteiger partial charge on any atom is 0.339 e. The van der Waals surface area contributed by atoms with Gasteiger partial charge in [0.25, 0.3) is 0 Å². The third kappa shape index (κ3) is 4.72. The van der Waals surface area contributed by atoms with E-state index in [9.17, 15) is 4.79 Å². The van der Waals surface area contributed by atoms with Crippen molar-refractivity contribution in [2.45, 2.75) is 0 Å². The monoisotopic (exact) mass is 377 g/mol. The third-order valence-electron chi connectivity index (χ3n) is 2.91. The molecule has 2 rings (SSSR count). The number of ether oxygens (including phenoxy) is 2. The highest BCUT2D eigenvalue weighted by molar-refractivity contribution is 9.10. The lowest BCUT2D eigenvalue weighted by Crippen LogP contribution is -2.24. The highest BCUT2D eigenvalue weighted by Gasteiger charge is 2.08. The summed E-state index contributed by atoms with van der Waals surface area (Å²) in [6.07, 6.45) is 1.49. The molecule has 0 spiro atoms. The fraction of sp³-hybridized carbons (Fsp3) is 0.125. The first-order chi connectivity index (χ1) is 11.1. The van der Waals surface area contributed by atoms with E-state index in [-0.39, 0.29) is 0 Å². The van der Waals surface area contributed by atoms with Crippen LogP contribution in [0.15, 0.2) is 52.0 Å². The van der Waals surface area contributed by atoms with Gasteiger partial charge in [0.2, 0.25) is 0 Å². The van der Waals surface area contributed by atoms with Crippen molar-refractivity contribution in [1.29, 1.82) is 0 Å². The minimum absolute atomic E-state index is 0.431. The lowest BCUT2D eigenvalue weighted by molar-refractivity contribution is 0.252. The van der Waals surface area contributed by atoms with Crippen LogP contribution in [0, 0.1) is 0 Å². The number of halogens is 1. The van der Waals surface area contributed by atoms with Gasteiger partial charge >= 0.3 is 6.03 Å². The van der Waals surface area contributed by atoms with Gasteiger partial charge < -0.3 is 14.8 Å². The lowest BCUT2D eigenvalue weighted by Gasteiger charge is -2.09. The Morgan fingerprint density at radius 3 is 2.48 bits per heavy atom. The lowest BCUT2D eigenvalue weighted by atomic mass is 10.2. The van der Waals surface area contributed by atoms with E-state index in [2.05, 4.69) is 31.8 Å². The van der Waals surface area contributed by atoms with Gasteiger partial charge in [0, 0.05) is 17.3 Å². The van der Waals surface area contributed by atoms with Crippen LogP contribution in [0.5, 0.6) is 11.5 Å². The first-order valence-corrected chi connectivity index (χ1v) is 7.50. The number of nitrogens with one attached hydrogen (secondary N) is 2. The Bertz CT molecular complexity index is 705. The number of hydrazone groups is 1. The van der Waals surface area contributed by atoms with Crippen LogP contribution in [-0.2, 0) is 0 Å². The number of amides is 2. The van der Waals surface area contributed by atoms with Crippen LogP contribution in [0.25, 0.3) is 0 Å². The maximum atomic E-state index is 11.7. The van der Waals surface area contributed by atoms with Gasteiger partial charge in [0.1, 0.15) is 11.5 Å². The number of methoxy groups -OCH3 is 2. The number of hydrogen-bond donors (Lipinski definition) is 2. The molecule has 0 aliphatic carbocycles. The molecular weight excluding hydrogens is 362 g/mol. The number of hydrogen-bond acceptors (Lipinski definition) is 4. The molecule has 2 amide bonds. The molecule has 0 fully saturated rings. The summed E-state index contributed by atoms with van der Waals surface area (Å²) in [4.78, 5) is 11.7. The van der Waals surface area contributed by atoms with E-state index in [4.69, 9.17) is 9.47 Å². The number of urea groups is 1. The molecule has 2 N–H and O–H groups in total. The zero-order valence-electron chi connectivity index (χ0n) is 12.7. The molecule has 0 heterocycles. The molecule has 0 saturated carbocycles. The van der Waals surface area contributed by atoms with E-state index in [0.717, 1.165) is 4.47 Å². The number of para-hydroxylation sites is 1. The number of anilines is 1. The molecule has 0 aromatic heterocycles. The van der Waals surface area contributed by atoms with E-state index in [1.165, 1.54) is 6.21 Å². The Hall–Kier alpha value is -2.54. The number of nitrogens with zero attached hydrogens (tertiary/aromatic N) is 1. The molecule has 0 radical (unpaired) electrons. The van der Waals surface area contributed by atoms with E-state index in [0.29, 0.717) is 22.7 Å². The van der Waals surface area contributed by atoms with Crippen LogP contribution in [0.2, 0.25) is 0 Å². The van der Waals surface area contributed by atoms with Crippen LogP contribution in [0.1, 0.15) is 5.56 Å². The average molecular weight is 378 g/mol. The van der Waals surface area contributed by atoms with Gasteiger partial charge in [-0.15, -0.1) is 0 Å². The van der Waals surface area contributed by atoms with Crippen LogP contribution < -0.4 is 20.2 Å². The highest BCUT2D eigenvalue weighted by Crippen LogP contribution is 2.31. The minimum atomic E-state index is -0.431. The summed E-state index contributed by atoms with van der Waals surface area (Å²) < 4.78 is 11.2. The van der Waals surface area contributed by atoms with Gasteiger partial charge in [0.05, 0.1) is 24.9 Å². The van der Waals surface area contributed by atoms with Crippen molar-refractivity contribution in [1.82, 2.24) is 5.43 Å². The summed E-state index contributed by atoms with van der Waals surface area (Å²) in [5.41, 5.74) is 3.78. The first kappa shape index (κ1) is 16.8. The van der Waals surface area contributed by atoms with Crippen molar-refractivity contribution in [3.8, 4) is 11.5 Å². The molecule has 0 saturated heterocycles. The second-order valence-corrected chi connectivity index (χ2v) is 5.27. The molecule has 0 aliphatic rings. The molecule has 120 valence electrons. The standard InChI is InChI=1S/C16H16BrN3O3/c1-22-14-9-15(23-2)13(17)8-11(14)10-18-20-16(21)19-12-6-4-3-5-7-12/h3-10H,1-2H3,(H2,19,20,21)/b18-10-. The van der Waals surface area contributed by atoms with Crippen molar-refractivity contribution in [2.24, 2.45) is 5.10 Å². The quantitative estimate of drug-likeness (QED) is 0.617. The predicted octanol–water partition coefficient (Wildman–Crippen LogP) is 3.62. The van der Waals surface area contributed by atoms with Crippen molar-refractivity contribution < 1.29 is 14.3 Å². The highest BCUT2D eigenvalue weighted by atomic mass is 79.9. The van der Waals surface area contributed by atoms with Gasteiger partial charge in [-0.05, 0) is 34.1 Å². The van der Waals surface area contributed by atoms with Crippen LogP contribution in [0.4, 0.5) is 10.5 Å². The van der Waals surface area contributed by atoms with Crippen molar-refractivity contribution in [2.75, 3.05) is 19.5 Å². The van der Waals surface area contributed by atoms with E-state index in [1.54, 1.807) is 38.5 Å². The fourth-order valence-corrected chi connectivity index (χ4v) is 2.35. The molecule has 0 unspecified atom stereocenters. The Kier molecular flexibility index (Phi) is 5.99. The van der Waals surface area contributed by atoms with Crippen LogP contribution >= 0.6 is 15.9 Å². The molecule has 0 bridgehead atoms. The second-order valence-electron chi connectivity index (χ2n) is 4.42. The average Bonchev–Trinajstić information content (AvgIpc) is 2.56. The zero-order valence-corrected chi connectivity index (χ0v) is 14.3. The molecule has 2 aromatic carbocycles. The summed E-state index contributed by atoms with van der Waals surface area (Å²) in [6, 6.07) is 12.2. The Morgan fingerprint density at radius 2 is 1.83 bits per heavy atom. The number of carbonyl (C=O) groups is 1. The summed E-state index contributed by atoms with van der Waals surface area (Å²) in [6.45, 7) is 0.